The van der Waals surface area contributed by atoms with Gasteiger partial charge in [-0.05, 0) is 27.2 Å². The standard InChI is InChI=1S/C15H21N5O2/c1-8-7-16-15(17-8)18-14(21)11-5-6-22-13(11)12-9(2)19-20(4)10(12)3/h7,11,13H,5-6H2,1-4H3,(H2,16,17,18,21)/t11-,13-/m0/s1. The second-order valence-corrected chi connectivity index (χ2v) is 5.80. The fourth-order valence-electron chi connectivity index (χ4n) is 3.03. The van der Waals surface area contributed by atoms with E-state index in [0.29, 0.717) is 19.0 Å². The van der Waals surface area contributed by atoms with E-state index in [2.05, 4.69) is 20.4 Å². The van der Waals surface area contributed by atoms with Gasteiger partial charge in [-0.1, -0.05) is 0 Å². The predicted octanol–water partition coefficient (Wildman–Crippen LogP) is 1.78. The number of aromatic nitrogens is 4. The second kappa shape index (κ2) is 5.57. The molecule has 7 nitrogen and oxygen atoms in total. The number of anilines is 1. The first-order chi connectivity index (χ1) is 10.5. The number of nitrogens with zero attached hydrogens (tertiary/aromatic N) is 3. The Labute approximate surface area is 129 Å². The van der Waals surface area contributed by atoms with Crippen molar-refractivity contribution < 1.29 is 9.53 Å². The van der Waals surface area contributed by atoms with Crippen molar-refractivity contribution in [2.75, 3.05) is 11.9 Å². The van der Waals surface area contributed by atoms with Crippen LogP contribution in [0, 0.1) is 26.7 Å². The van der Waals surface area contributed by atoms with Crippen molar-refractivity contribution in [2.24, 2.45) is 13.0 Å². The van der Waals surface area contributed by atoms with Gasteiger partial charge in [0.05, 0.1) is 17.7 Å². The van der Waals surface area contributed by atoms with Gasteiger partial charge in [0.25, 0.3) is 0 Å². The number of rotatable bonds is 3. The van der Waals surface area contributed by atoms with Gasteiger partial charge >= 0.3 is 0 Å². The molecule has 0 unspecified atom stereocenters. The minimum atomic E-state index is -0.246. The molecule has 2 aromatic heterocycles. The minimum absolute atomic E-state index is 0.0699. The molecule has 2 atom stereocenters. The number of aromatic amines is 1. The first-order valence-electron chi connectivity index (χ1n) is 7.41. The van der Waals surface area contributed by atoms with Gasteiger partial charge in [-0.15, -0.1) is 0 Å². The zero-order valence-corrected chi connectivity index (χ0v) is 13.3. The maximum absolute atomic E-state index is 12.6. The van der Waals surface area contributed by atoms with Gasteiger partial charge in [0, 0.05) is 36.8 Å². The first-order valence-corrected chi connectivity index (χ1v) is 7.41. The number of nitrogens with one attached hydrogen (secondary N) is 2. The molecule has 1 saturated heterocycles. The highest BCUT2D eigenvalue weighted by molar-refractivity contribution is 5.91. The van der Waals surface area contributed by atoms with E-state index < -0.39 is 0 Å². The number of H-pyrrole nitrogens is 1. The number of hydrogen-bond donors (Lipinski definition) is 2. The molecule has 0 radical (unpaired) electrons. The maximum Gasteiger partial charge on any atom is 0.232 e. The lowest BCUT2D eigenvalue weighted by Gasteiger charge is -2.18. The first kappa shape index (κ1) is 14.8. The Morgan fingerprint density at radius 3 is 2.82 bits per heavy atom. The van der Waals surface area contributed by atoms with Crippen LogP contribution in [0.3, 0.4) is 0 Å². The predicted molar refractivity (Wildman–Crippen MR) is 81.4 cm³/mol. The summed E-state index contributed by atoms with van der Waals surface area (Å²) < 4.78 is 7.68. The molecule has 1 aliphatic rings. The lowest BCUT2D eigenvalue weighted by atomic mass is 9.93. The number of ether oxygens (including phenoxy) is 1. The molecule has 3 heterocycles. The summed E-state index contributed by atoms with van der Waals surface area (Å²) in [5.41, 5.74) is 3.89. The fourth-order valence-corrected chi connectivity index (χ4v) is 3.03. The van der Waals surface area contributed by atoms with Crippen molar-refractivity contribution in [1.29, 1.82) is 0 Å². The lowest BCUT2D eigenvalue weighted by Crippen LogP contribution is -2.26. The molecule has 1 fully saturated rings. The SMILES string of the molecule is Cc1cnc(NC(=O)[C@H]2CCO[C@@H]2c2c(C)nn(C)c2C)[nH]1. The van der Waals surface area contributed by atoms with Crippen molar-refractivity contribution in [1.82, 2.24) is 19.7 Å². The van der Waals surface area contributed by atoms with Crippen LogP contribution in [-0.4, -0.2) is 32.3 Å². The zero-order chi connectivity index (χ0) is 15.9. The highest BCUT2D eigenvalue weighted by Gasteiger charge is 2.38. The van der Waals surface area contributed by atoms with Crippen LogP contribution >= 0.6 is 0 Å². The van der Waals surface area contributed by atoms with E-state index in [1.165, 1.54) is 0 Å². The molecule has 0 saturated carbocycles. The van der Waals surface area contributed by atoms with Crippen molar-refractivity contribution in [3.8, 4) is 0 Å². The monoisotopic (exact) mass is 303 g/mol. The summed E-state index contributed by atoms with van der Waals surface area (Å²) in [5, 5.41) is 7.26. The highest BCUT2D eigenvalue weighted by atomic mass is 16.5. The maximum atomic E-state index is 12.6. The molecule has 0 aliphatic carbocycles. The summed E-state index contributed by atoms with van der Waals surface area (Å²) in [4.78, 5) is 19.7. The van der Waals surface area contributed by atoms with E-state index in [-0.39, 0.29) is 17.9 Å². The van der Waals surface area contributed by atoms with Crippen molar-refractivity contribution in [2.45, 2.75) is 33.3 Å². The van der Waals surface area contributed by atoms with E-state index in [9.17, 15) is 4.79 Å². The van der Waals surface area contributed by atoms with Gasteiger partial charge in [-0.3, -0.25) is 14.8 Å². The number of hydrogen-bond acceptors (Lipinski definition) is 4. The van der Waals surface area contributed by atoms with Crippen LogP contribution in [0.5, 0.6) is 0 Å². The Hall–Kier alpha value is -2.15. The summed E-state index contributed by atoms with van der Waals surface area (Å²) in [6.07, 6.45) is 2.14. The van der Waals surface area contributed by atoms with Crippen LogP contribution in [0.4, 0.5) is 5.95 Å². The van der Waals surface area contributed by atoms with Crippen LogP contribution in [-0.2, 0) is 16.6 Å². The third kappa shape index (κ3) is 2.52. The molecule has 2 aromatic rings. The van der Waals surface area contributed by atoms with E-state index in [4.69, 9.17) is 4.74 Å². The summed E-state index contributed by atoms with van der Waals surface area (Å²) in [6, 6.07) is 0. The quantitative estimate of drug-likeness (QED) is 0.905. The molecule has 7 heteroatoms. The Morgan fingerprint density at radius 2 is 2.23 bits per heavy atom. The molecule has 2 N–H and O–H groups in total. The number of amides is 1. The zero-order valence-electron chi connectivity index (χ0n) is 13.3. The van der Waals surface area contributed by atoms with Gasteiger partial charge in [-0.25, -0.2) is 4.98 Å². The van der Waals surface area contributed by atoms with Crippen LogP contribution < -0.4 is 5.32 Å². The Kier molecular flexibility index (Phi) is 3.74. The molecule has 118 valence electrons. The molecule has 22 heavy (non-hydrogen) atoms. The molecule has 0 aromatic carbocycles. The average molecular weight is 303 g/mol. The van der Waals surface area contributed by atoms with Gasteiger partial charge in [-0.2, -0.15) is 5.10 Å². The molecule has 3 rings (SSSR count). The largest absolute Gasteiger partial charge is 0.373 e. The smallest absolute Gasteiger partial charge is 0.232 e. The van der Waals surface area contributed by atoms with Gasteiger partial charge in [0.2, 0.25) is 11.9 Å². The normalized spacial score (nSPS) is 21.3. The average Bonchev–Trinajstić information content (AvgIpc) is 3.12. The topological polar surface area (TPSA) is 84.8 Å². The summed E-state index contributed by atoms with van der Waals surface area (Å²) in [5.74, 6) is 0.180. The number of imidazole rings is 1. The Balaban J connectivity index is 1.82. The van der Waals surface area contributed by atoms with E-state index in [1.54, 1.807) is 6.20 Å². The number of carbonyl (C=O) groups is 1. The number of aryl methyl sites for hydroxylation is 3. The van der Waals surface area contributed by atoms with Crippen LogP contribution in [0.1, 0.15) is 35.2 Å². The van der Waals surface area contributed by atoms with Crippen molar-refractivity contribution >= 4 is 11.9 Å². The van der Waals surface area contributed by atoms with E-state index in [0.717, 1.165) is 22.6 Å². The number of carbonyl (C=O) groups excluding carboxylic acids is 1. The molecule has 1 aliphatic heterocycles. The Bertz CT molecular complexity index is 703. The minimum Gasteiger partial charge on any atom is -0.373 e. The second-order valence-electron chi connectivity index (χ2n) is 5.80. The van der Waals surface area contributed by atoms with Crippen LogP contribution in [0.15, 0.2) is 6.20 Å². The molecule has 0 bridgehead atoms. The lowest BCUT2D eigenvalue weighted by molar-refractivity contribution is -0.121. The van der Waals surface area contributed by atoms with Crippen LogP contribution in [0.25, 0.3) is 0 Å². The fraction of sp³-hybridized carbons (Fsp3) is 0.533. The highest BCUT2D eigenvalue weighted by Crippen LogP contribution is 2.38. The summed E-state index contributed by atoms with van der Waals surface area (Å²) in [6.45, 7) is 6.43. The molecule has 1 amide bonds. The third-order valence-electron chi connectivity index (χ3n) is 4.22. The summed E-state index contributed by atoms with van der Waals surface area (Å²) in [7, 11) is 1.90. The van der Waals surface area contributed by atoms with Gasteiger partial charge in [0.15, 0.2) is 0 Å². The third-order valence-corrected chi connectivity index (χ3v) is 4.22. The summed E-state index contributed by atoms with van der Waals surface area (Å²) >= 11 is 0. The molecule has 0 spiro atoms. The Morgan fingerprint density at radius 1 is 1.45 bits per heavy atom. The molecular weight excluding hydrogens is 282 g/mol. The van der Waals surface area contributed by atoms with E-state index >= 15 is 0 Å². The van der Waals surface area contributed by atoms with Gasteiger partial charge < -0.3 is 9.72 Å². The van der Waals surface area contributed by atoms with Crippen molar-refractivity contribution in [3.63, 3.8) is 0 Å². The van der Waals surface area contributed by atoms with Crippen molar-refractivity contribution in [3.05, 3.63) is 28.8 Å². The molecular formula is C15H21N5O2. The van der Waals surface area contributed by atoms with Crippen LogP contribution in [0.2, 0.25) is 0 Å². The van der Waals surface area contributed by atoms with Gasteiger partial charge in [0.1, 0.15) is 0 Å². The van der Waals surface area contributed by atoms with E-state index in [1.807, 2.05) is 32.5 Å².